The van der Waals surface area contributed by atoms with E-state index in [9.17, 15) is 4.79 Å². The number of H-pyrrole nitrogens is 2. The maximum absolute atomic E-state index is 12.4. The second-order valence-electron chi connectivity index (χ2n) is 7.02. The van der Waals surface area contributed by atoms with Gasteiger partial charge in [-0.2, -0.15) is 15.3 Å². The van der Waals surface area contributed by atoms with E-state index in [4.69, 9.17) is 0 Å². The molecule has 7 heteroatoms. The number of aryl methyl sites for hydroxylation is 1. The second-order valence-corrected chi connectivity index (χ2v) is 7.02. The van der Waals surface area contributed by atoms with Gasteiger partial charge in [0.25, 0.3) is 5.91 Å². The Labute approximate surface area is 180 Å². The molecule has 1 amide bonds. The van der Waals surface area contributed by atoms with Crippen LogP contribution in [0.5, 0.6) is 0 Å². The fraction of sp³-hybridized carbons (Fsp3) is 0.0833. The van der Waals surface area contributed by atoms with Crippen molar-refractivity contribution in [3.05, 3.63) is 95.5 Å². The SMILES string of the molecule is Cc1[nH][n+](-c2ccccc2)c(C)c1-c1cc(C(=O)N/N=C/C=C/c2ccccc2)[nH]n1. The molecule has 3 N–H and O–H groups in total. The normalized spacial score (nSPS) is 11.4. The second kappa shape index (κ2) is 9.04. The highest BCUT2D eigenvalue weighted by Gasteiger charge is 2.24. The minimum absolute atomic E-state index is 0.338. The van der Waals surface area contributed by atoms with E-state index in [2.05, 4.69) is 25.8 Å². The van der Waals surface area contributed by atoms with Crippen molar-refractivity contribution < 1.29 is 9.48 Å². The van der Waals surface area contributed by atoms with Gasteiger partial charge in [0.15, 0.2) is 0 Å². The van der Waals surface area contributed by atoms with E-state index in [1.807, 2.05) is 85.3 Å². The molecular weight excluding hydrogens is 388 g/mol. The first-order valence-electron chi connectivity index (χ1n) is 9.91. The topological polar surface area (TPSA) is 89.8 Å². The number of nitrogens with zero attached hydrogens (tertiary/aromatic N) is 3. The smallest absolute Gasteiger partial charge is 0.272 e. The van der Waals surface area contributed by atoms with Gasteiger partial charge in [0.1, 0.15) is 11.4 Å². The Morgan fingerprint density at radius 2 is 1.77 bits per heavy atom. The number of hydrogen-bond donors (Lipinski definition) is 3. The van der Waals surface area contributed by atoms with Crippen molar-refractivity contribution in [1.29, 1.82) is 0 Å². The number of aromatic amines is 2. The summed E-state index contributed by atoms with van der Waals surface area (Å²) in [6.07, 6.45) is 5.21. The van der Waals surface area contributed by atoms with E-state index < -0.39 is 0 Å². The Morgan fingerprint density at radius 1 is 1.06 bits per heavy atom. The number of hydrogen-bond acceptors (Lipinski definition) is 3. The average molecular weight is 411 g/mol. The van der Waals surface area contributed by atoms with Gasteiger partial charge in [-0.15, -0.1) is 0 Å². The Bertz CT molecular complexity index is 1240. The lowest BCUT2D eigenvalue weighted by atomic mass is 10.1. The van der Waals surface area contributed by atoms with Crippen molar-refractivity contribution in [2.75, 3.05) is 0 Å². The van der Waals surface area contributed by atoms with Crippen LogP contribution in [0.4, 0.5) is 0 Å². The van der Waals surface area contributed by atoms with Gasteiger partial charge in [0.2, 0.25) is 11.4 Å². The zero-order valence-corrected chi connectivity index (χ0v) is 17.3. The van der Waals surface area contributed by atoms with Crippen molar-refractivity contribution in [3.8, 4) is 16.9 Å². The number of para-hydroxylation sites is 1. The maximum Gasteiger partial charge on any atom is 0.289 e. The number of rotatable bonds is 6. The molecule has 2 heterocycles. The molecule has 0 saturated carbocycles. The maximum atomic E-state index is 12.4. The van der Waals surface area contributed by atoms with Gasteiger partial charge in [0.05, 0.1) is 11.3 Å². The van der Waals surface area contributed by atoms with E-state index >= 15 is 0 Å². The van der Waals surface area contributed by atoms with Crippen molar-refractivity contribution >= 4 is 18.2 Å². The van der Waals surface area contributed by atoms with Gasteiger partial charge in [0, 0.05) is 25.3 Å². The number of carbonyl (C=O) groups is 1. The first kappa shape index (κ1) is 20.0. The lowest BCUT2D eigenvalue weighted by Crippen LogP contribution is -2.35. The summed E-state index contributed by atoms with van der Waals surface area (Å²) in [6, 6.07) is 21.6. The molecule has 2 aromatic heterocycles. The largest absolute Gasteiger partial charge is 0.289 e. The van der Waals surface area contributed by atoms with Crippen molar-refractivity contribution in [1.82, 2.24) is 20.7 Å². The minimum atomic E-state index is -0.357. The van der Waals surface area contributed by atoms with Crippen LogP contribution in [-0.2, 0) is 0 Å². The quantitative estimate of drug-likeness (QED) is 0.256. The monoisotopic (exact) mass is 411 g/mol. The molecule has 0 spiro atoms. The van der Waals surface area contributed by atoms with Crippen molar-refractivity contribution in [2.24, 2.45) is 5.10 Å². The number of allylic oxidation sites excluding steroid dienone is 1. The Balaban J connectivity index is 1.46. The fourth-order valence-corrected chi connectivity index (χ4v) is 3.39. The van der Waals surface area contributed by atoms with Crippen molar-refractivity contribution in [2.45, 2.75) is 13.8 Å². The lowest BCUT2D eigenvalue weighted by Gasteiger charge is -1.94. The summed E-state index contributed by atoms with van der Waals surface area (Å²) in [5.74, 6) is -0.357. The molecule has 0 fully saturated rings. The van der Waals surface area contributed by atoms with E-state index in [1.54, 1.807) is 12.1 Å². The van der Waals surface area contributed by atoms with Crippen LogP contribution >= 0.6 is 0 Å². The summed E-state index contributed by atoms with van der Waals surface area (Å²) in [5.41, 5.74) is 8.54. The van der Waals surface area contributed by atoms with Crippen LogP contribution in [0, 0.1) is 13.8 Å². The lowest BCUT2D eigenvalue weighted by molar-refractivity contribution is -0.661. The predicted molar refractivity (Wildman–Crippen MR) is 121 cm³/mol. The molecule has 0 aliphatic rings. The number of amides is 1. The van der Waals surface area contributed by atoms with Crippen LogP contribution in [-0.4, -0.2) is 27.4 Å². The van der Waals surface area contributed by atoms with Gasteiger partial charge in [-0.1, -0.05) is 59.3 Å². The summed E-state index contributed by atoms with van der Waals surface area (Å²) in [7, 11) is 0. The number of nitrogens with one attached hydrogen (secondary N) is 3. The third kappa shape index (κ3) is 4.51. The van der Waals surface area contributed by atoms with Gasteiger partial charge in [-0.05, 0) is 24.6 Å². The molecule has 0 saturated heterocycles. The van der Waals surface area contributed by atoms with Gasteiger partial charge in [-0.3, -0.25) is 9.89 Å². The first-order chi connectivity index (χ1) is 15.1. The molecule has 4 aromatic rings. The molecule has 154 valence electrons. The molecule has 0 aliphatic heterocycles. The molecule has 0 aliphatic carbocycles. The molecule has 0 bridgehead atoms. The van der Waals surface area contributed by atoms with Crippen LogP contribution in [0.25, 0.3) is 23.0 Å². The van der Waals surface area contributed by atoms with Crippen LogP contribution in [0.2, 0.25) is 0 Å². The number of benzene rings is 2. The minimum Gasteiger partial charge on any atom is -0.272 e. The fourth-order valence-electron chi connectivity index (χ4n) is 3.39. The predicted octanol–water partition coefficient (Wildman–Crippen LogP) is 3.73. The molecule has 4 rings (SSSR count). The molecule has 0 atom stereocenters. The van der Waals surface area contributed by atoms with Crippen LogP contribution in [0.15, 0.2) is 77.9 Å². The van der Waals surface area contributed by atoms with Crippen LogP contribution in [0.1, 0.15) is 27.4 Å². The van der Waals surface area contributed by atoms with Gasteiger partial charge >= 0.3 is 0 Å². The zero-order valence-electron chi connectivity index (χ0n) is 17.3. The van der Waals surface area contributed by atoms with E-state index in [1.165, 1.54) is 6.21 Å². The summed E-state index contributed by atoms with van der Waals surface area (Å²) in [5, 5.41) is 14.4. The number of carbonyl (C=O) groups excluding carboxylic acids is 1. The molecule has 7 nitrogen and oxygen atoms in total. The number of aromatic nitrogens is 4. The van der Waals surface area contributed by atoms with Crippen molar-refractivity contribution in [3.63, 3.8) is 0 Å². The van der Waals surface area contributed by atoms with Crippen LogP contribution < -0.4 is 10.1 Å². The highest BCUT2D eigenvalue weighted by atomic mass is 16.2. The summed E-state index contributed by atoms with van der Waals surface area (Å²) in [6.45, 7) is 4.00. The Hall–Kier alpha value is -4.26. The molecule has 0 radical (unpaired) electrons. The summed E-state index contributed by atoms with van der Waals surface area (Å²) in [4.78, 5) is 12.4. The average Bonchev–Trinajstić information content (AvgIpc) is 3.39. The standard InChI is InChI=1S/C24H22N6O/c1-17-23(18(2)30(29-17)20-13-7-4-8-14-20)21-16-22(27-26-21)24(31)28-25-15-9-12-19-10-5-3-6-11-19/h3-16H,1-2H3,(H2,26,27,28,31)/p+1/b12-9+,25-15+. The van der Waals surface area contributed by atoms with Gasteiger partial charge < -0.3 is 0 Å². The highest BCUT2D eigenvalue weighted by Crippen LogP contribution is 2.24. The molecule has 31 heavy (non-hydrogen) atoms. The first-order valence-corrected chi connectivity index (χ1v) is 9.91. The third-order valence-corrected chi connectivity index (χ3v) is 4.86. The Kier molecular flexibility index (Phi) is 5.84. The molecule has 0 unspecified atom stereocenters. The number of hydrazone groups is 1. The van der Waals surface area contributed by atoms with E-state index in [0.717, 1.165) is 28.2 Å². The Morgan fingerprint density at radius 3 is 2.52 bits per heavy atom. The molecular formula is C24H23N6O+. The zero-order chi connectivity index (χ0) is 21.6. The van der Waals surface area contributed by atoms with Crippen LogP contribution in [0.3, 0.4) is 0 Å². The van der Waals surface area contributed by atoms with Gasteiger partial charge in [-0.25, -0.2) is 5.43 Å². The summed E-state index contributed by atoms with van der Waals surface area (Å²) >= 11 is 0. The summed E-state index contributed by atoms with van der Waals surface area (Å²) < 4.78 is 2.00. The van der Waals surface area contributed by atoms with E-state index in [-0.39, 0.29) is 5.91 Å². The highest BCUT2D eigenvalue weighted by molar-refractivity contribution is 5.94. The van der Waals surface area contributed by atoms with E-state index in [0.29, 0.717) is 11.4 Å². The third-order valence-electron chi connectivity index (χ3n) is 4.86. The molecule has 2 aromatic carbocycles.